The van der Waals surface area contributed by atoms with Gasteiger partial charge in [-0.2, -0.15) is 0 Å². The number of hydrogen-bond acceptors (Lipinski definition) is 10. The van der Waals surface area contributed by atoms with E-state index in [1.54, 1.807) is 41.8 Å². The first-order valence-electron chi connectivity index (χ1n) is 12.4. The first-order chi connectivity index (χ1) is 20.2. The summed E-state index contributed by atoms with van der Waals surface area (Å²) < 4.78 is 2.16. The van der Waals surface area contributed by atoms with Crippen LogP contribution >= 0.6 is 34.7 Å². The van der Waals surface area contributed by atoms with Crippen molar-refractivity contribution < 1.29 is 19.6 Å². The predicted octanol–water partition coefficient (Wildman–Crippen LogP) is 5.97. The number of ketones is 1. The van der Waals surface area contributed by atoms with Crippen LogP contribution in [0.2, 0.25) is 5.02 Å². The van der Waals surface area contributed by atoms with Crippen LogP contribution in [0.4, 0.5) is 10.8 Å². The lowest BCUT2D eigenvalue weighted by Crippen LogP contribution is -2.29. The predicted molar refractivity (Wildman–Crippen MR) is 159 cm³/mol. The lowest BCUT2D eigenvalue weighted by molar-refractivity contribution is -0.384. The Morgan fingerprint density at radius 3 is 2.57 bits per heavy atom. The summed E-state index contributed by atoms with van der Waals surface area (Å²) in [6.07, 6.45) is 1.69. The van der Waals surface area contributed by atoms with E-state index in [4.69, 9.17) is 11.6 Å². The minimum Gasteiger partial charge on any atom is -0.505 e. The number of hydrogen-bond donors (Lipinski definition) is 1. The number of aryl methyl sites for hydroxylation is 1. The molecule has 0 aliphatic carbocycles. The minimum atomic E-state index is -1.13. The maximum atomic E-state index is 13.6. The molecule has 1 aliphatic heterocycles. The van der Waals surface area contributed by atoms with Gasteiger partial charge in [0.05, 0.1) is 22.2 Å². The third-order valence-electron chi connectivity index (χ3n) is 6.70. The molecule has 11 nitrogen and oxygen atoms in total. The van der Waals surface area contributed by atoms with Gasteiger partial charge in [-0.25, -0.2) is 4.98 Å². The highest BCUT2D eigenvalue weighted by atomic mass is 35.5. The first kappa shape index (κ1) is 27.6. The van der Waals surface area contributed by atoms with Gasteiger partial charge < -0.3 is 5.11 Å². The zero-order valence-electron chi connectivity index (χ0n) is 21.7. The number of halogens is 1. The van der Waals surface area contributed by atoms with Crippen molar-refractivity contribution in [3.63, 3.8) is 0 Å². The number of non-ortho nitro benzene ring substituents is 1. The van der Waals surface area contributed by atoms with E-state index in [0.717, 1.165) is 16.9 Å². The number of aromatic nitrogens is 4. The molecule has 0 spiro atoms. The van der Waals surface area contributed by atoms with Crippen molar-refractivity contribution in [1.82, 2.24) is 19.6 Å². The molecule has 42 heavy (non-hydrogen) atoms. The van der Waals surface area contributed by atoms with Crippen LogP contribution < -0.4 is 4.90 Å². The second-order valence-corrected chi connectivity index (χ2v) is 11.8. The molecule has 4 heterocycles. The molecule has 6 rings (SSSR count). The lowest BCUT2D eigenvalue weighted by atomic mass is 9.96. The topological polar surface area (TPSA) is 144 Å². The zero-order valence-corrected chi connectivity index (χ0v) is 24.1. The molecule has 1 saturated heterocycles. The Kier molecular flexibility index (Phi) is 7.22. The smallest absolute Gasteiger partial charge is 0.301 e. The number of benzene rings is 2. The number of thioether (sulfide) groups is 1. The average molecular weight is 619 g/mol. The van der Waals surface area contributed by atoms with Gasteiger partial charge in [-0.1, -0.05) is 59.0 Å². The Labute approximate surface area is 251 Å². The molecule has 0 radical (unpaired) electrons. The van der Waals surface area contributed by atoms with Crippen LogP contribution in [-0.2, 0) is 15.3 Å². The summed E-state index contributed by atoms with van der Waals surface area (Å²) in [6.45, 7) is 1.69. The third kappa shape index (κ3) is 4.81. The highest BCUT2D eigenvalue weighted by molar-refractivity contribution is 8.00. The molecule has 210 valence electrons. The fourth-order valence-corrected chi connectivity index (χ4v) is 6.92. The molecule has 2 aromatic carbocycles. The Hall–Kier alpha value is -4.59. The summed E-state index contributed by atoms with van der Waals surface area (Å²) >= 11 is 8.75. The molecule has 0 saturated carbocycles. The maximum Gasteiger partial charge on any atom is 0.301 e. The molecule has 0 bridgehead atoms. The Morgan fingerprint density at radius 1 is 1.10 bits per heavy atom. The van der Waals surface area contributed by atoms with Crippen molar-refractivity contribution in [2.75, 3.05) is 4.90 Å². The number of pyridine rings is 1. The largest absolute Gasteiger partial charge is 0.505 e. The molecular weight excluding hydrogens is 600 g/mol. The van der Waals surface area contributed by atoms with Gasteiger partial charge in [-0.3, -0.25) is 29.0 Å². The SMILES string of the molecule is Cc1nc2ccccn2c1C(O)=C1C(=O)C(=O)N(c2nnc(SCc3ccccc3Cl)s2)C1c1ccc([N+](=O)[O-])cc1. The quantitative estimate of drug-likeness (QED) is 0.0443. The average Bonchev–Trinajstić information content (AvgIpc) is 3.66. The number of aliphatic hydroxyl groups excluding tert-OH is 1. The van der Waals surface area contributed by atoms with Crippen molar-refractivity contribution in [3.8, 4) is 0 Å². The van der Waals surface area contributed by atoms with Crippen molar-refractivity contribution in [2.24, 2.45) is 0 Å². The number of anilines is 1. The monoisotopic (exact) mass is 618 g/mol. The van der Waals surface area contributed by atoms with E-state index in [-0.39, 0.29) is 22.1 Å². The van der Waals surface area contributed by atoms with Gasteiger partial charge in [-0.05, 0) is 48.4 Å². The highest BCUT2D eigenvalue weighted by Crippen LogP contribution is 2.44. The molecular formula is C28H19ClN6O5S2. The molecule has 1 unspecified atom stereocenters. The molecule has 14 heteroatoms. The van der Waals surface area contributed by atoms with Crippen LogP contribution in [0.1, 0.15) is 28.6 Å². The number of nitro groups is 1. The van der Waals surface area contributed by atoms with Crippen molar-refractivity contribution >= 4 is 68.6 Å². The number of rotatable bonds is 7. The molecule has 1 amide bonds. The number of nitro benzene ring substituents is 1. The Bertz CT molecular complexity index is 1920. The Balaban J connectivity index is 1.45. The summed E-state index contributed by atoms with van der Waals surface area (Å²) in [5.74, 6) is -1.76. The van der Waals surface area contributed by atoms with E-state index in [2.05, 4.69) is 15.2 Å². The Morgan fingerprint density at radius 2 is 1.83 bits per heavy atom. The standard InChI is InChI=1S/C28H19ClN6O5S2/c1-15-22(33-13-5-4-8-20(33)30-15)24(36)21-23(16-9-11-18(12-10-16)35(39)40)34(26(38)25(21)37)27-31-32-28(42-27)41-14-17-6-2-3-7-19(17)29/h2-13,23,36H,14H2,1H3. The molecule has 1 fully saturated rings. The number of carbonyl (C=O) groups excluding carboxylic acids is 2. The molecule has 1 N–H and O–H groups in total. The van der Waals surface area contributed by atoms with Crippen LogP contribution in [0.15, 0.2) is 82.8 Å². The molecule has 1 aliphatic rings. The van der Waals surface area contributed by atoms with Gasteiger partial charge >= 0.3 is 5.91 Å². The van der Waals surface area contributed by atoms with E-state index >= 15 is 0 Å². The summed E-state index contributed by atoms with van der Waals surface area (Å²) in [5.41, 5.74) is 2.15. The second-order valence-electron chi connectivity index (χ2n) is 9.22. The van der Waals surface area contributed by atoms with Crippen molar-refractivity contribution in [1.29, 1.82) is 0 Å². The van der Waals surface area contributed by atoms with E-state index in [0.29, 0.717) is 32.0 Å². The normalized spacial score (nSPS) is 16.4. The van der Waals surface area contributed by atoms with Gasteiger partial charge in [0, 0.05) is 29.1 Å². The number of aliphatic hydroxyl groups is 1. The number of nitrogens with zero attached hydrogens (tertiary/aromatic N) is 6. The summed E-state index contributed by atoms with van der Waals surface area (Å²) in [4.78, 5) is 43.5. The summed E-state index contributed by atoms with van der Waals surface area (Å²) in [6, 6.07) is 17.0. The van der Waals surface area contributed by atoms with Crippen molar-refractivity contribution in [2.45, 2.75) is 23.1 Å². The highest BCUT2D eigenvalue weighted by Gasteiger charge is 2.49. The molecule has 1 atom stereocenters. The van der Waals surface area contributed by atoms with Crippen LogP contribution in [0.3, 0.4) is 0 Å². The second kappa shape index (κ2) is 11.0. The fourth-order valence-electron chi connectivity index (χ4n) is 4.76. The number of fused-ring (bicyclic) bond motifs is 1. The lowest BCUT2D eigenvalue weighted by Gasteiger charge is -2.22. The number of amides is 1. The van der Waals surface area contributed by atoms with E-state index in [1.165, 1.54) is 40.9 Å². The minimum absolute atomic E-state index is 0.135. The number of carbonyl (C=O) groups is 2. The van der Waals surface area contributed by atoms with Gasteiger partial charge in [0.15, 0.2) is 10.1 Å². The number of imidazole rings is 1. The van der Waals surface area contributed by atoms with E-state index < -0.39 is 28.4 Å². The van der Waals surface area contributed by atoms with Crippen LogP contribution in [0, 0.1) is 17.0 Å². The summed E-state index contributed by atoms with van der Waals surface area (Å²) in [5, 5.41) is 32.1. The van der Waals surface area contributed by atoms with Crippen LogP contribution in [0.25, 0.3) is 11.4 Å². The van der Waals surface area contributed by atoms with Crippen LogP contribution in [-0.4, -0.2) is 41.3 Å². The fraction of sp³-hybridized carbons (Fsp3) is 0.107. The van der Waals surface area contributed by atoms with Gasteiger partial charge in [0.1, 0.15) is 11.3 Å². The van der Waals surface area contributed by atoms with E-state index in [9.17, 15) is 24.8 Å². The third-order valence-corrected chi connectivity index (χ3v) is 9.18. The van der Waals surface area contributed by atoms with Gasteiger partial charge in [0.25, 0.3) is 11.5 Å². The van der Waals surface area contributed by atoms with E-state index in [1.807, 2.05) is 18.2 Å². The maximum absolute atomic E-state index is 13.6. The first-order valence-corrected chi connectivity index (χ1v) is 14.6. The molecule has 3 aromatic heterocycles. The van der Waals surface area contributed by atoms with Gasteiger partial charge in [0.2, 0.25) is 5.13 Å². The number of Topliss-reactive ketones (excluding diaryl/α,β-unsaturated/α-hetero) is 1. The summed E-state index contributed by atoms with van der Waals surface area (Å²) in [7, 11) is 0. The van der Waals surface area contributed by atoms with Crippen LogP contribution in [0.5, 0.6) is 0 Å². The van der Waals surface area contributed by atoms with Gasteiger partial charge in [-0.15, -0.1) is 10.2 Å². The van der Waals surface area contributed by atoms with Crippen molar-refractivity contribution in [3.05, 3.63) is 116 Å². The molecule has 5 aromatic rings. The zero-order chi connectivity index (χ0) is 29.5.